The van der Waals surface area contributed by atoms with Crippen molar-refractivity contribution in [2.45, 2.75) is 45.7 Å². The Balaban J connectivity index is 2.03. The van der Waals surface area contributed by atoms with E-state index in [2.05, 4.69) is 10.6 Å². The molecule has 1 fully saturated rings. The zero-order valence-corrected chi connectivity index (χ0v) is 20.4. The molecule has 9 nitrogen and oxygen atoms in total. The summed E-state index contributed by atoms with van der Waals surface area (Å²) >= 11 is 11.9. The SMILES string of the molecule is CC[C@@H](C(=O)OC)[C@H]1OB([C@H](CC(C)C)NC(=O)CNC(=O)c2cc(Cl)ccc2Cl)OC1=O. The van der Waals surface area contributed by atoms with E-state index in [0.717, 1.165) is 0 Å². The van der Waals surface area contributed by atoms with E-state index in [1.165, 1.54) is 19.2 Å². The molecule has 33 heavy (non-hydrogen) atoms. The Bertz CT molecular complexity index is 899. The Morgan fingerprint density at radius 3 is 2.55 bits per heavy atom. The van der Waals surface area contributed by atoms with Crippen LogP contribution in [-0.4, -0.2) is 56.6 Å². The minimum absolute atomic E-state index is 0.124. The van der Waals surface area contributed by atoms with Crippen LogP contribution in [0.5, 0.6) is 0 Å². The molecule has 1 aromatic carbocycles. The smallest absolute Gasteiger partial charge is 0.506 e. The van der Waals surface area contributed by atoms with Gasteiger partial charge in [0.15, 0.2) is 6.10 Å². The summed E-state index contributed by atoms with van der Waals surface area (Å²) in [6, 6.07) is 4.43. The molecule has 1 aliphatic rings. The lowest BCUT2D eigenvalue weighted by molar-refractivity contribution is -0.153. The van der Waals surface area contributed by atoms with Gasteiger partial charge in [0.2, 0.25) is 5.91 Å². The number of methoxy groups -OCH3 is 1. The summed E-state index contributed by atoms with van der Waals surface area (Å²) in [6.07, 6.45) is -0.374. The summed E-state index contributed by atoms with van der Waals surface area (Å²) in [6.45, 7) is 5.24. The fraction of sp³-hybridized carbons (Fsp3) is 0.524. The normalized spacial score (nSPS) is 17.4. The number of amides is 2. The van der Waals surface area contributed by atoms with Crippen molar-refractivity contribution in [1.29, 1.82) is 0 Å². The van der Waals surface area contributed by atoms with Crippen LogP contribution in [0.3, 0.4) is 0 Å². The third-order valence-corrected chi connectivity index (χ3v) is 5.60. The number of hydrogen-bond donors (Lipinski definition) is 2. The maximum absolute atomic E-state index is 12.5. The van der Waals surface area contributed by atoms with Gasteiger partial charge < -0.3 is 24.7 Å². The van der Waals surface area contributed by atoms with Gasteiger partial charge in [-0.3, -0.25) is 19.2 Å². The first-order chi connectivity index (χ1) is 15.6. The third-order valence-electron chi connectivity index (χ3n) is 5.04. The second-order valence-corrected chi connectivity index (χ2v) is 8.85. The molecule has 1 aliphatic heterocycles. The molecule has 0 aromatic heterocycles. The maximum Gasteiger partial charge on any atom is 0.552 e. The number of benzene rings is 1. The molecule has 0 radical (unpaired) electrons. The zero-order chi connectivity index (χ0) is 24.7. The van der Waals surface area contributed by atoms with Crippen LogP contribution >= 0.6 is 23.2 Å². The van der Waals surface area contributed by atoms with Crippen molar-refractivity contribution in [3.05, 3.63) is 33.8 Å². The van der Waals surface area contributed by atoms with Gasteiger partial charge in [0.25, 0.3) is 5.91 Å². The minimum atomic E-state index is -1.12. The van der Waals surface area contributed by atoms with Gasteiger partial charge in [-0.15, -0.1) is 0 Å². The van der Waals surface area contributed by atoms with Gasteiger partial charge in [-0.25, -0.2) is 0 Å². The Morgan fingerprint density at radius 2 is 1.94 bits per heavy atom. The average Bonchev–Trinajstić information content (AvgIpc) is 3.14. The number of nitrogens with one attached hydrogen (secondary N) is 2. The fourth-order valence-corrected chi connectivity index (χ4v) is 3.81. The fourth-order valence-electron chi connectivity index (χ4n) is 3.43. The zero-order valence-electron chi connectivity index (χ0n) is 18.9. The van der Waals surface area contributed by atoms with E-state index in [0.29, 0.717) is 17.9 Å². The highest BCUT2D eigenvalue weighted by Gasteiger charge is 2.50. The van der Waals surface area contributed by atoms with E-state index in [-0.39, 0.29) is 23.0 Å². The topological polar surface area (TPSA) is 120 Å². The molecule has 2 amide bonds. The minimum Gasteiger partial charge on any atom is -0.506 e. The average molecular weight is 501 g/mol. The van der Waals surface area contributed by atoms with Gasteiger partial charge in [-0.2, -0.15) is 0 Å². The standard InChI is InChI=1S/C21H27BCl2N2O7/c1-5-13(20(29)31-4)18-21(30)33-22(32-18)16(8-11(2)3)26-17(27)10-25-19(28)14-9-12(23)6-7-15(14)24/h6-7,9,11,13,16,18H,5,8,10H2,1-4H3,(H,25,28)(H,26,27)/t13-,16+,18-/m1/s1. The molecular formula is C21H27BCl2N2O7. The van der Waals surface area contributed by atoms with Gasteiger partial charge in [0, 0.05) is 5.02 Å². The van der Waals surface area contributed by atoms with E-state index < -0.39 is 48.8 Å². The van der Waals surface area contributed by atoms with Crippen molar-refractivity contribution in [1.82, 2.24) is 10.6 Å². The van der Waals surface area contributed by atoms with Crippen LogP contribution in [0.15, 0.2) is 18.2 Å². The molecule has 1 heterocycles. The molecule has 3 atom stereocenters. The first-order valence-electron chi connectivity index (χ1n) is 10.5. The maximum atomic E-state index is 12.5. The van der Waals surface area contributed by atoms with Crippen molar-refractivity contribution >= 4 is 54.1 Å². The molecule has 1 aromatic rings. The second-order valence-electron chi connectivity index (χ2n) is 8.01. The first kappa shape index (κ1) is 27.0. The van der Waals surface area contributed by atoms with Crippen molar-refractivity contribution in [2.75, 3.05) is 13.7 Å². The number of halogens is 2. The van der Waals surface area contributed by atoms with Crippen molar-refractivity contribution in [3.63, 3.8) is 0 Å². The molecule has 1 saturated heterocycles. The number of rotatable bonds is 10. The van der Waals surface area contributed by atoms with E-state index in [1.807, 2.05) is 13.8 Å². The van der Waals surface area contributed by atoms with Crippen LogP contribution < -0.4 is 10.6 Å². The number of ether oxygens (including phenoxy) is 1. The second kappa shape index (κ2) is 12.2. The summed E-state index contributed by atoms with van der Waals surface area (Å²) in [7, 11) is 0.153. The Kier molecular flexibility index (Phi) is 10.0. The summed E-state index contributed by atoms with van der Waals surface area (Å²) in [5.74, 6) is -3.73. The Labute approximate surface area is 202 Å². The molecule has 2 N–H and O–H groups in total. The van der Waals surface area contributed by atoms with Gasteiger partial charge in [-0.05, 0) is 37.0 Å². The molecule has 2 rings (SSSR count). The summed E-state index contributed by atoms with van der Waals surface area (Å²) < 4.78 is 15.8. The first-order valence-corrected chi connectivity index (χ1v) is 11.3. The highest BCUT2D eigenvalue weighted by Crippen LogP contribution is 2.25. The predicted molar refractivity (Wildman–Crippen MR) is 123 cm³/mol. The molecule has 0 aliphatic carbocycles. The van der Waals surface area contributed by atoms with E-state index in [4.69, 9.17) is 37.2 Å². The van der Waals surface area contributed by atoms with Crippen molar-refractivity contribution in [2.24, 2.45) is 11.8 Å². The van der Waals surface area contributed by atoms with Gasteiger partial charge in [0.05, 0.1) is 36.1 Å². The van der Waals surface area contributed by atoms with E-state index >= 15 is 0 Å². The van der Waals surface area contributed by atoms with Crippen LogP contribution in [0.4, 0.5) is 0 Å². The van der Waals surface area contributed by atoms with E-state index in [9.17, 15) is 19.2 Å². The summed E-state index contributed by atoms with van der Waals surface area (Å²) in [5.41, 5.74) is 0.139. The highest BCUT2D eigenvalue weighted by molar-refractivity contribution is 6.51. The van der Waals surface area contributed by atoms with Crippen LogP contribution in [0.25, 0.3) is 0 Å². The predicted octanol–water partition coefficient (Wildman–Crippen LogP) is 2.42. The Morgan fingerprint density at radius 1 is 1.24 bits per heavy atom. The largest absolute Gasteiger partial charge is 0.552 e. The lowest BCUT2D eigenvalue weighted by Gasteiger charge is -2.22. The molecule has 180 valence electrons. The Hall–Kier alpha value is -2.30. The summed E-state index contributed by atoms with van der Waals surface area (Å²) in [5, 5.41) is 5.74. The monoisotopic (exact) mass is 500 g/mol. The quantitative estimate of drug-likeness (QED) is 0.374. The van der Waals surface area contributed by atoms with Crippen LogP contribution in [0, 0.1) is 11.8 Å². The van der Waals surface area contributed by atoms with Gasteiger partial charge in [-0.1, -0.05) is 44.0 Å². The van der Waals surface area contributed by atoms with Gasteiger partial charge in [0.1, 0.15) is 0 Å². The van der Waals surface area contributed by atoms with Crippen molar-refractivity contribution < 1.29 is 33.2 Å². The number of esters is 1. The lowest BCUT2D eigenvalue weighted by Crippen LogP contribution is -2.51. The third kappa shape index (κ3) is 7.35. The van der Waals surface area contributed by atoms with Crippen molar-refractivity contribution in [3.8, 4) is 0 Å². The molecule has 0 bridgehead atoms. The van der Waals surface area contributed by atoms with E-state index in [1.54, 1.807) is 13.0 Å². The molecule has 0 spiro atoms. The number of hydrogen-bond acceptors (Lipinski definition) is 7. The van der Waals surface area contributed by atoms with Crippen LogP contribution in [-0.2, 0) is 28.4 Å². The van der Waals surface area contributed by atoms with Crippen LogP contribution in [0.1, 0.15) is 44.0 Å². The summed E-state index contributed by atoms with van der Waals surface area (Å²) in [4.78, 5) is 49.2. The molecule has 0 saturated carbocycles. The number of carbonyl (C=O) groups excluding carboxylic acids is 4. The lowest BCUT2D eigenvalue weighted by atomic mass is 9.74. The van der Waals surface area contributed by atoms with Crippen LogP contribution in [0.2, 0.25) is 10.0 Å². The van der Waals surface area contributed by atoms with Gasteiger partial charge >= 0.3 is 19.1 Å². The number of carbonyl (C=O) groups is 4. The highest BCUT2D eigenvalue weighted by atomic mass is 35.5. The molecule has 12 heteroatoms. The molecular weight excluding hydrogens is 474 g/mol. The molecule has 0 unspecified atom stereocenters.